The second-order valence-corrected chi connectivity index (χ2v) is 3.45. The van der Waals surface area contributed by atoms with Crippen molar-refractivity contribution in [2.75, 3.05) is 13.2 Å². The van der Waals surface area contributed by atoms with Crippen LogP contribution in [0.5, 0.6) is 0 Å². The molecule has 0 aliphatic heterocycles. The van der Waals surface area contributed by atoms with E-state index in [0.717, 1.165) is 26.1 Å². The molecule has 0 rings (SSSR count). The molecular formula is C9H19ClO. The average Bonchev–Trinajstić information content (AvgIpc) is 2.03. The molecule has 68 valence electrons. The summed E-state index contributed by atoms with van der Waals surface area (Å²) in [5, 5.41) is 0.315. The Hall–Kier alpha value is 0.250. The summed E-state index contributed by atoms with van der Waals surface area (Å²) in [4.78, 5) is 0. The van der Waals surface area contributed by atoms with Gasteiger partial charge in [-0.2, -0.15) is 0 Å². The van der Waals surface area contributed by atoms with E-state index in [1.165, 1.54) is 0 Å². The molecule has 0 aliphatic carbocycles. The van der Waals surface area contributed by atoms with Gasteiger partial charge in [-0.3, -0.25) is 0 Å². The zero-order chi connectivity index (χ0) is 8.69. The highest BCUT2D eigenvalue weighted by molar-refractivity contribution is 6.20. The first-order chi connectivity index (χ1) is 5.22. The van der Waals surface area contributed by atoms with Crippen LogP contribution in [0.2, 0.25) is 0 Å². The number of hydrogen-bond donors (Lipinski definition) is 0. The third-order valence-electron chi connectivity index (χ3n) is 1.93. The number of hydrogen-bond acceptors (Lipinski definition) is 1. The van der Waals surface area contributed by atoms with Gasteiger partial charge in [0.05, 0.1) is 0 Å². The summed E-state index contributed by atoms with van der Waals surface area (Å²) < 4.78 is 5.24. The number of ether oxygens (including phenoxy) is 1. The van der Waals surface area contributed by atoms with Crippen molar-refractivity contribution >= 4 is 11.6 Å². The van der Waals surface area contributed by atoms with Gasteiger partial charge in [-0.05, 0) is 25.7 Å². The number of alkyl halides is 1. The zero-order valence-electron chi connectivity index (χ0n) is 7.77. The molecule has 0 N–H and O–H groups in total. The van der Waals surface area contributed by atoms with E-state index in [-0.39, 0.29) is 0 Å². The second kappa shape index (κ2) is 6.93. The largest absolute Gasteiger partial charge is 0.382 e. The lowest BCUT2D eigenvalue weighted by Crippen LogP contribution is -2.12. The van der Waals surface area contributed by atoms with Gasteiger partial charge in [0.2, 0.25) is 0 Å². The van der Waals surface area contributed by atoms with Crippen molar-refractivity contribution in [1.29, 1.82) is 0 Å². The fraction of sp³-hybridized carbons (Fsp3) is 1.00. The summed E-state index contributed by atoms with van der Waals surface area (Å²) >= 11 is 6.04. The molecule has 0 spiro atoms. The van der Waals surface area contributed by atoms with Crippen LogP contribution in [0.1, 0.15) is 33.6 Å². The third kappa shape index (κ3) is 5.51. The maximum atomic E-state index is 6.04. The molecule has 1 nitrogen and oxygen atoms in total. The minimum Gasteiger partial charge on any atom is -0.382 e. The zero-order valence-corrected chi connectivity index (χ0v) is 8.53. The molecule has 11 heavy (non-hydrogen) atoms. The molecule has 2 heteroatoms. The van der Waals surface area contributed by atoms with Crippen molar-refractivity contribution in [2.24, 2.45) is 5.92 Å². The summed E-state index contributed by atoms with van der Waals surface area (Å²) in [7, 11) is 0. The van der Waals surface area contributed by atoms with E-state index >= 15 is 0 Å². The highest BCUT2D eigenvalue weighted by Crippen LogP contribution is 2.16. The monoisotopic (exact) mass is 178 g/mol. The van der Waals surface area contributed by atoms with E-state index in [2.05, 4.69) is 13.8 Å². The Morgan fingerprint density at radius 1 is 1.36 bits per heavy atom. The SMILES string of the molecule is CCOCCC(C)C(Cl)CC. The van der Waals surface area contributed by atoms with Crippen LogP contribution in [-0.2, 0) is 4.74 Å². The summed E-state index contributed by atoms with van der Waals surface area (Å²) in [6, 6.07) is 0. The lowest BCUT2D eigenvalue weighted by Gasteiger charge is -2.15. The van der Waals surface area contributed by atoms with Gasteiger partial charge in [0, 0.05) is 18.6 Å². The third-order valence-corrected chi connectivity index (χ3v) is 2.67. The molecule has 2 atom stereocenters. The van der Waals surface area contributed by atoms with Crippen LogP contribution in [0.3, 0.4) is 0 Å². The Morgan fingerprint density at radius 2 is 2.00 bits per heavy atom. The molecule has 0 heterocycles. The van der Waals surface area contributed by atoms with Crippen LogP contribution in [0.15, 0.2) is 0 Å². The van der Waals surface area contributed by atoms with Crippen molar-refractivity contribution in [3.63, 3.8) is 0 Å². The predicted molar refractivity (Wildman–Crippen MR) is 50.2 cm³/mol. The van der Waals surface area contributed by atoms with Crippen molar-refractivity contribution in [3.8, 4) is 0 Å². The normalized spacial score (nSPS) is 16.4. The molecule has 0 bridgehead atoms. The molecular weight excluding hydrogens is 160 g/mol. The van der Waals surface area contributed by atoms with Crippen molar-refractivity contribution in [2.45, 2.75) is 39.0 Å². The van der Waals surface area contributed by atoms with E-state index in [1.54, 1.807) is 0 Å². The Labute approximate surface area is 75.1 Å². The fourth-order valence-electron chi connectivity index (χ4n) is 0.997. The number of rotatable bonds is 6. The summed E-state index contributed by atoms with van der Waals surface area (Å²) in [5.74, 6) is 0.577. The molecule has 0 aromatic carbocycles. The van der Waals surface area contributed by atoms with Crippen molar-refractivity contribution < 1.29 is 4.74 Å². The van der Waals surface area contributed by atoms with Crippen LogP contribution < -0.4 is 0 Å². The van der Waals surface area contributed by atoms with Crippen LogP contribution in [0.25, 0.3) is 0 Å². The standard InChI is InChI=1S/C9H19ClO/c1-4-9(10)8(3)6-7-11-5-2/h8-9H,4-7H2,1-3H3. The van der Waals surface area contributed by atoms with E-state index in [0.29, 0.717) is 11.3 Å². The van der Waals surface area contributed by atoms with Crippen molar-refractivity contribution in [3.05, 3.63) is 0 Å². The lowest BCUT2D eigenvalue weighted by molar-refractivity contribution is 0.133. The van der Waals surface area contributed by atoms with Crippen LogP contribution in [0, 0.1) is 5.92 Å². The van der Waals surface area contributed by atoms with Gasteiger partial charge < -0.3 is 4.74 Å². The highest BCUT2D eigenvalue weighted by Gasteiger charge is 2.11. The molecule has 0 amide bonds. The summed E-state index contributed by atoms with van der Waals surface area (Å²) in [5.41, 5.74) is 0. The van der Waals surface area contributed by atoms with Crippen LogP contribution in [-0.4, -0.2) is 18.6 Å². The number of halogens is 1. The van der Waals surface area contributed by atoms with E-state index in [1.807, 2.05) is 6.92 Å². The maximum Gasteiger partial charge on any atom is 0.0468 e. The molecule has 0 saturated carbocycles. The van der Waals surface area contributed by atoms with E-state index in [4.69, 9.17) is 16.3 Å². The predicted octanol–water partition coefficient (Wildman–Crippen LogP) is 3.07. The van der Waals surface area contributed by atoms with Gasteiger partial charge in [0.25, 0.3) is 0 Å². The first-order valence-corrected chi connectivity index (χ1v) is 4.87. The fourth-order valence-corrected chi connectivity index (χ4v) is 1.12. The first kappa shape index (κ1) is 11.2. The minimum absolute atomic E-state index is 0.315. The molecule has 0 aromatic rings. The van der Waals surface area contributed by atoms with Gasteiger partial charge in [-0.25, -0.2) is 0 Å². The molecule has 0 fully saturated rings. The van der Waals surface area contributed by atoms with E-state index < -0.39 is 0 Å². The Balaban J connectivity index is 3.28. The summed E-state index contributed by atoms with van der Waals surface area (Å²) in [6.45, 7) is 7.98. The molecule has 0 saturated heterocycles. The van der Waals surface area contributed by atoms with Crippen LogP contribution in [0.4, 0.5) is 0 Å². The maximum absolute atomic E-state index is 6.04. The topological polar surface area (TPSA) is 9.23 Å². The van der Waals surface area contributed by atoms with E-state index in [9.17, 15) is 0 Å². The molecule has 0 radical (unpaired) electrons. The summed E-state index contributed by atoms with van der Waals surface area (Å²) in [6.07, 6.45) is 2.13. The smallest absolute Gasteiger partial charge is 0.0468 e. The Bertz CT molecular complexity index is 85.6. The van der Waals surface area contributed by atoms with Crippen LogP contribution >= 0.6 is 11.6 Å². The molecule has 0 aromatic heterocycles. The van der Waals surface area contributed by atoms with Crippen molar-refractivity contribution in [1.82, 2.24) is 0 Å². The quantitative estimate of drug-likeness (QED) is 0.449. The first-order valence-electron chi connectivity index (χ1n) is 4.44. The highest BCUT2D eigenvalue weighted by atomic mass is 35.5. The lowest BCUT2D eigenvalue weighted by atomic mass is 10.0. The van der Waals surface area contributed by atoms with Gasteiger partial charge in [0.1, 0.15) is 0 Å². The van der Waals surface area contributed by atoms with Gasteiger partial charge in [-0.1, -0.05) is 13.8 Å². The Morgan fingerprint density at radius 3 is 2.45 bits per heavy atom. The minimum atomic E-state index is 0.315. The average molecular weight is 179 g/mol. The second-order valence-electron chi connectivity index (χ2n) is 2.89. The van der Waals surface area contributed by atoms with Gasteiger partial charge >= 0.3 is 0 Å². The molecule has 2 unspecified atom stereocenters. The Kier molecular flexibility index (Phi) is 7.09. The molecule has 0 aliphatic rings. The van der Waals surface area contributed by atoms with Gasteiger partial charge in [0.15, 0.2) is 0 Å². The van der Waals surface area contributed by atoms with Gasteiger partial charge in [-0.15, -0.1) is 11.6 Å².